The van der Waals surface area contributed by atoms with E-state index in [1.54, 1.807) is 17.4 Å². The summed E-state index contributed by atoms with van der Waals surface area (Å²) in [5.74, 6) is 0.760. The zero-order valence-electron chi connectivity index (χ0n) is 16.0. The van der Waals surface area contributed by atoms with E-state index < -0.39 is 0 Å². The van der Waals surface area contributed by atoms with Gasteiger partial charge in [0.2, 0.25) is 0 Å². The van der Waals surface area contributed by atoms with Crippen LogP contribution in [0.15, 0.2) is 29.3 Å². The minimum Gasteiger partial charge on any atom is -0.366 e. The van der Waals surface area contributed by atoms with Gasteiger partial charge < -0.3 is 15.1 Å². The summed E-state index contributed by atoms with van der Waals surface area (Å²) in [6.07, 6.45) is 0.950. The third-order valence-corrected chi connectivity index (χ3v) is 5.75. The summed E-state index contributed by atoms with van der Waals surface area (Å²) in [6, 6.07) is 6.98. The molecule has 1 N–H and O–H groups in total. The molecule has 1 saturated heterocycles. The topological polar surface area (TPSA) is 43.8 Å². The second-order valence-electron chi connectivity index (χ2n) is 6.39. The molecule has 0 amide bonds. The van der Waals surface area contributed by atoms with Crippen LogP contribution in [0, 0.1) is 19.7 Å². The van der Waals surface area contributed by atoms with E-state index in [-0.39, 0.29) is 29.8 Å². The Bertz CT molecular complexity index is 771. The van der Waals surface area contributed by atoms with E-state index in [0.717, 1.165) is 55.8 Å². The third-order valence-electron chi connectivity index (χ3n) is 4.62. The lowest BCUT2D eigenvalue weighted by molar-refractivity contribution is 0.371. The van der Waals surface area contributed by atoms with Gasteiger partial charge in [0, 0.05) is 51.1 Å². The van der Waals surface area contributed by atoms with Crippen LogP contribution < -0.4 is 10.2 Å². The number of halogens is 2. The van der Waals surface area contributed by atoms with Crippen LogP contribution in [0.4, 0.5) is 10.1 Å². The van der Waals surface area contributed by atoms with E-state index in [4.69, 9.17) is 0 Å². The van der Waals surface area contributed by atoms with E-state index in [0.29, 0.717) is 5.69 Å². The van der Waals surface area contributed by atoms with E-state index in [2.05, 4.69) is 32.0 Å². The first-order chi connectivity index (χ1) is 12.6. The molecule has 0 radical (unpaired) electrons. The molecule has 1 fully saturated rings. The number of aryl methyl sites for hydroxylation is 2. The normalized spacial score (nSPS) is 14.9. The molecule has 1 aromatic carbocycles. The van der Waals surface area contributed by atoms with Gasteiger partial charge in [-0.1, -0.05) is 12.1 Å². The molecule has 0 aliphatic carbocycles. The van der Waals surface area contributed by atoms with Crippen LogP contribution in [-0.2, 0) is 6.42 Å². The molecule has 1 aromatic heterocycles. The van der Waals surface area contributed by atoms with Crippen molar-refractivity contribution >= 4 is 47.0 Å². The molecular weight excluding hydrogens is 476 g/mol. The van der Waals surface area contributed by atoms with Gasteiger partial charge in [-0.2, -0.15) is 0 Å². The van der Waals surface area contributed by atoms with Crippen molar-refractivity contribution in [1.29, 1.82) is 0 Å². The molecule has 2 aromatic rings. The number of para-hydroxylation sites is 1. The molecule has 1 aliphatic rings. The maximum absolute atomic E-state index is 14.0. The maximum atomic E-state index is 14.0. The number of thiazole rings is 1. The Hall–Kier alpha value is -1.42. The number of aliphatic imine (C=N–C) groups is 1. The number of guanidine groups is 1. The summed E-state index contributed by atoms with van der Waals surface area (Å²) in [4.78, 5) is 14.6. The molecule has 3 rings (SSSR count). The molecule has 0 spiro atoms. The predicted molar refractivity (Wildman–Crippen MR) is 122 cm³/mol. The Labute approximate surface area is 181 Å². The second kappa shape index (κ2) is 10.2. The Kier molecular flexibility index (Phi) is 8.28. The SMILES string of the molecule is CN=C(NCCc1sc(C)nc1C)N1CCN(c2ccccc2F)CC1.I. The van der Waals surface area contributed by atoms with Crippen molar-refractivity contribution in [2.24, 2.45) is 4.99 Å². The zero-order chi connectivity index (χ0) is 18.5. The van der Waals surface area contributed by atoms with Gasteiger partial charge in [-0.05, 0) is 26.0 Å². The Morgan fingerprint density at radius 3 is 2.52 bits per heavy atom. The predicted octanol–water partition coefficient (Wildman–Crippen LogP) is 3.46. The molecule has 0 saturated carbocycles. The van der Waals surface area contributed by atoms with Crippen molar-refractivity contribution in [3.8, 4) is 0 Å². The fourth-order valence-electron chi connectivity index (χ4n) is 3.29. The highest BCUT2D eigenvalue weighted by molar-refractivity contribution is 14.0. The number of aromatic nitrogens is 1. The summed E-state index contributed by atoms with van der Waals surface area (Å²) < 4.78 is 14.0. The third kappa shape index (κ3) is 5.54. The molecule has 2 heterocycles. The largest absolute Gasteiger partial charge is 0.366 e. The summed E-state index contributed by atoms with van der Waals surface area (Å²) in [6.45, 7) is 8.17. The minimum absolute atomic E-state index is 0. The van der Waals surface area contributed by atoms with Crippen LogP contribution in [0.3, 0.4) is 0 Å². The van der Waals surface area contributed by atoms with Gasteiger partial charge in [-0.15, -0.1) is 35.3 Å². The quantitative estimate of drug-likeness (QED) is 0.395. The van der Waals surface area contributed by atoms with Gasteiger partial charge in [0.25, 0.3) is 0 Å². The number of anilines is 1. The highest BCUT2D eigenvalue weighted by Crippen LogP contribution is 2.20. The molecule has 0 bridgehead atoms. The number of nitrogens with one attached hydrogen (secondary N) is 1. The van der Waals surface area contributed by atoms with Crippen LogP contribution in [0.25, 0.3) is 0 Å². The van der Waals surface area contributed by atoms with Crippen LogP contribution in [0.1, 0.15) is 15.6 Å². The number of benzene rings is 1. The molecule has 148 valence electrons. The lowest BCUT2D eigenvalue weighted by Gasteiger charge is -2.37. The summed E-state index contributed by atoms with van der Waals surface area (Å²) in [7, 11) is 1.81. The van der Waals surface area contributed by atoms with Crippen molar-refractivity contribution in [2.45, 2.75) is 20.3 Å². The number of rotatable bonds is 4. The van der Waals surface area contributed by atoms with Gasteiger partial charge in [0.1, 0.15) is 5.82 Å². The zero-order valence-corrected chi connectivity index (χ0v) is 19.2. The minimum atomic E-state index is -0.154. The van der Waals surface area contributed by atoms with E-state index >= 15 is 0 Å². The first kappa shape index (κ1) is 21.9. The van der Waals surface area contributed by atoms with E-state index in [1.807, 2.05) is 26.1 Å². The number of piperazine rings is 1. The van der Waals surface area contributed by atoms with Gasteiger partial charge in [0.05, 0.1) is 16.4 Å². The van der Waals surface area contributed by atoms with Crippen LogP contribution in [0.2, 0.25) is 0 Å². The number of hydrogen-bond donors (Lipinski definition) is 1. The number of hydrogen-bond acceptors (Lipinski definition) is 4. The van der Waals surface area contributed by atoms with Crippen molar-refractivity contribution < 1.29 is 4.39 Å². The fraction of sp³-hybridized carbons (Fsp3) is 0.474. The molecular formula is C19H27FIN5S. The lowest BCUT2D eigenvalue weighted by Crippen LogP contribution is -2.53. The number of nitrogens with zero attached hydrogens (tertiary/aromatic N) is 4. The highest BCUT2D eigenvalue weighted by Gasteiger charge is 2.21. The smallest absolute Gasteiger partial charge is 0.193 e. The van der Waals surface area contributed by atoms with E-state index in [9.17, 15) is 4.39 Å². The van der Waals surface area contributed by atoms with Gasteiger partial charge in [0.15, 0.2) is 5.96 Å². The van der Waals surface area contributed by atoms with Gasteiger partial charge in [-0.3, -0.25) is 4.99 Å². The average molecular weight is 503 g/mol. The Balaban J connectivity index is 0.00000261. The summed E-state index contributed by atoms with van der Waals surface area (Å²) in [5.41, 5.74) is 1.81. The van der Waals surface area contributed by atoms with Crippen LogP contribution in [-0.4, -0.2) is 55.6 Å². The van der Waals surface area contributed by atoms with Crippen molar-refractivity contribution in [3.63, 3.8) is 0 Å². The fourth-order valence-corrected chi connectivity index (χ4v) is 4.23. The first-order valence-electron chi connectivity index (χ1n) is 8.96. The molecule has 8 heteroatoms. The van der Waals surface area contributed by atoms with Crippen LogP contribution in [0.5, 0.6) is 0 Å². The first-order valence-corrected chi connectivity index (χ1v) is 9.78. The Morgan fingerprint density at radius 1 is 1.22 bits per heavy atom. The van der Waals surface area contributed by atoms with Crippen molar-refractivity contribution in [2.75, 3.05) is 44.7 Å². The molecule has 5 nitrogen and oxygen atoms in total. The molecule has 1 aliphatic heterocycles. The highest BCUT2D eigenvalue weighted by atomic mass is 127. The Morgan fingerprint density at radius 2 is 1.93 bits per heavy atom. The molecule has 27 heavy (non-hydrogen) atoms. The monoisotopic (exact) mass is 503 g/mol. The summed E-state index contributed by atoms with van der Waals surface area (Å²) in [5, 5.41) is 4.57. The van der Waals surface area contributed by atoms with Crippen molar-refractivity contribution in [1.82, 2.24) is 15.2 Å². The maximum Gasteiger partial charge on any atom is 0.193 e. The van der Waals surface area contributed by atoms with Crippen molar-refractivity contribution in [3.05, 3.63) is 45.7 Å². The van der Waals surface area contributed by atoms with Crippen LogP contribution >= 0.6 is 35.3 Å². The molecule has 0 atom stereocenters. The second-order valence-corrected chi connectivity index (χ2v) is 7.68. The van der Waals surface area contributed by atoms with Gasteiger partial charge in [-0.25, -0.2) is 9.37 Å². The average Bonchev–Trinajstić information content (AvgIpc) is 2.97. The summed E-state index contributed by atoms with van der Waals surface area (Å²) >= 11 is 1.76. The lowest BCUT2D eigenvalue weighted by atomic mass is 10.2. The van der Waals surface area contributed by atoms with E-state index in [1.165, 1.54) is 10.9 Å². The molecule has 0 unspecified atom stereocenters. The van der Waals surface area contributed by atoms with Gasteiger partial charge >= 0.3 is 0 Å². The standard InChI is InChI=1S/C19H26FN5S.HI/c1-14-18(26-15(2)23-14)8-9-22-19(21-3)25-12-10-24(11-13-25)17-7-5-4-6-16(17)20;/h4-7H,8-13H2,1-3H3,(H,21,22);1H.